The first-order chi connectivity index (χ1) is 17.0. The van der Waals surface area contributed by atoms with Crippen molar-refractivity contribution in [1.29, 1.82) is 0 Å². The van der Waals surface area contributed by atoms with E-state index in [1.807, 2.05) is 37.3 Å². The molecule has 1 fully saturated rings. The molecular weight excluding hydrogens is 481 g/mol. The lowest BCUT2D eigenvalue weighted by Gasteiger charge is -2.25. The van der Waals surface area contributed by atoms with E-state index >= 15 is 0 Å². The van der Waals surface area contributed by atoms with Crippen LogP contribution < -0.4 is 4.74 Å². The summed E-state index contributed by atoms with van der Waals surface area (Å²) >= 11 is 8.05. The maximum absolute atomic E-state index is 12.5. The third kappa shape index (κ3) is 5.37. The van der Waals surface area contributed by atoms with Gasteiger partial charge < -0.3 is 9.84 Å². The van der Waals surface area contributed by atoms with Crippen LogP contribution in [0.5, 0.6) is 11.5 Å². The Morgan fingerprint density at radius 1 is 1.09 bits per heavy atom. The van der Waals surface area contributed by atoms with Crippen molar-refractivity contribution in [2.24, 2.45) is 0 Å². The van der Waals surface area contributed by atoms with Gasteiger partial charge in [-0.2, -0.15) is 0 Å². The number of benzene rings is 3. The molecule has 3 nitrogen and oxygen atoms in total. The molecule has 3 aromatic carbocycles. The van der Waals surface area contributed by atoms with Crippen LogP contribution in [0.4, 0.5) is 4.39 Å². The van der Waals surface area contributed by atoms with Crippen LogP contribution in [-0.2, 0) is 0 Å². The molecule has 0 radical (unpaired) electrons. The van der Waals surface area contributed by atoms with Gasteiger partial charge in [-0.1, -0.05) is 35.9 Å². The summed E-state index contributed by atoms with van der Waals surface area (Å²) in [5, 5.41) is 10.8. The fourth-order valence-electron chi connectivity index (χ4n) is 4.88. The first-order valence-corrected chi connectivity index (χ1v) is 13.4. The average Bonchev–Trinajstić information content (AvgIpc) is 3.31. The van der Waals surface area contributed by atoms with Crippen LogP contribution in [0.2, 0.25) is 5.02 Å². The number of aryl methyl sites for hydroxylation is 1. The quantitative estimate of drug-likeness (QED) is 0.364. The predicted octanol–water partition coefficient (Wildman–Crippen LogP) is 7.23. The molecule has 2 aliphatic rings. The van der Waals surface area contributed by atoms with Gasteiger partial charge >= 0.3 is 0 Å². The van der Waals surface area contributed by atoms with E-state index in [4.69, 9.17) is 16.3 Å². The molecule has 0 saturated carbocycles. The minimum atomic E-state index is -0.266. The number of aromatic hydroxyl groups is 1. The van der Waals surface area contributed by atoms with Crippen LogP contribution in [0.15, 0.2) is 65.6 Å². The fraction of sp³-hybridized carbons (Fsp3) is 0.310. The van der Waals surface area contributed by atoms with Gasteiger partial charge in [0.25, 0.3) is 0 Å². The zero-order valence-corrected chi connectivity index (χ0v) is 21.3. The molecule has 1 saturated heterocycles. The lowest BCUT2D eigenvalue weighted by atomic mass is 9.89. The zero-order valence-electron chi connectivity index (χ0n) is 19.8. The van der Waals surface area contributed by atoms with Crippen LogP contribution in [0.3, 0.4) is 0 Å². The van der Waals surface area contributed by atoms with Gasteiger partial charge in [0.2, 0.25) is 0 Å². The van der Waals surface area contributed by atoms with Crippen molar-refractivity contribution in [3.8, 4) is 11.5 Å². The van der Waals surface area contributed by atoms with Gasteiger partial charge in [-0.3, -0.25) is 9.29 Å². The Bertz CT molecular complexity index is 1240. The number of likely N-dealkylation sites (tertiary alicyclic amines) is 1. The van der Waals surface area contributed by atoms with Gasteiger partial charge in [0.05, 0.1) is 6.67 Å². The second kappa shape index (κ2) is 10.7. The summed E-state index contributed by atoms with van der Waals surface area (Å²) < 4.78 is 18.7. The molecule has 6 heteroatoms. The Morgan fingerprint density at radius 2 is 1.89 bits per heavy atom. The Balaban J connectivity index is 1.45. The minimum Gasteiger partial charge on any atom is -0.508 e. The molecule has 3 aromatic rings. The van der Waals surface area contributed by atoms with Crippen molar-refractivity contribution in [3.63, 3.8) is 0 Å². The SMILES string of the molecule is Cc1cc(C2=C(c3ccc(O[C@H]4CCN(CCCF)C4)cc3)c3ccc(O)cc3SC2)ccc1Cl. The fourth-order valence-corrected chi connectivity index (χ4v) is 6.14. The van der Waals surface area contributed by atoms with Crippen molar-refractivity contribution in [1.82, 2.24) is 4.90 Å². The van der Waals surface area contributed by atoms with Gasteiger partial charge in [0, 0.05) is 35.3 Å². The number of phenols is 1. The highest BCUT2D eigenvalue weighted by atomic mass is 35.5. The number of thioether (sulfide) groups is 1. The smallest absolute Gasteiger partial charge is 0.119 e. The normalized spacial score (nSPS) is 18.1. The molecule has 1 N–H and O–H groups in total. The third-order valence-corrected chi connectivity index (χ3v) is 8.20. The van der Waals surface area contributed by atoms with Crippen molar-refractivity contribution >= 4 is 34.5 Å². The molecule has 2 aliphatic heterocycles. The Morgan fingerprint density at radius 3 is 2.66 bits per heavy atom. The van der Waals surface area contributed by atoms with Crippen LogP contribution in [-0.4, -0.2) is 48.2 Å². The lowest BCUT2D eigenvalue weighted by molar-refractivity contribution is 0.198. The molecule has 0 unspecified atom stereocenters. The van der Waals surface area contributed by atoms with Crippen molar-refractivity contribution in [2.75, 3.05) is 32.1 Å². The Labute approximate surface area is 215 Å². The molecule has 2 heterocycles. The highest BCUT2D eigenvalue weighted by Crippen LogP contribution is 2.45. The molecule has 35 heavy (non-hydrogen) atoms. The van der Waals surface area contributed by atoms with Crippen molar-refractivity contribution < 1.29 is 14.2 Å². The zero-order chi connectivity index (χ0) is 24.4. The topological polar surface area (TPSA) is 32.7 Å². The molecular formula is C29H29ClFNO2S. The summed E-state index contributed by atoms with van der Waals surface area (Å²) in [6.45, 7) is 4.37. The van der Waals surface area contributed by atoms with E-state index in [0.717, 1.165) is 69.7 Å². The van der Waals surface area contributed by atoms with E-state index in [0.29, 0.717) is 6.42 Å². The molecule has 0 aliphatic carbocycles. The van der Waals surface area contributed by atoms with Gasteiger partial charge in [-0.25, -0.2) is 0 Å². The Hall–Kier alpha value is -2.47. The number of nitrogens with zero attached hydrogens (tertiary/aromatic N) is 1. The number of alkyl halides is 1. The molecule has 0 aromatic heterocycles. The number of fused-ring (bicyclic) bond motifs is 1. The van der Waals surface area contributed by atoms with E-state index < -0.39 is 0 Å². The second-order valence-electron chi connectivity index (χ2n) is 9.18. The molecule has 0 spiro atoms. The van der Waals surface area contributed by atoms with Crippen LogP contribution in [0.1, 0.15) is 35.1 Å². The summed E-state index contributed by atoms with van der Waals surface area (Å²) in [5.41, 5.74) is 6.87. The molecule has 0 bridgehead atoms. The first-order valence-electron chi connectivity index (χ1n) is 12.0. The maximum Gasteiger partial charge on any atom is 0.119 e. The molecule has 5 rings (SSSR count). The van der Waals surface area contributed by atoms with E-state index in [1.165, 1.54) is 11.1 Å². The molecule has 1 atom stereocenters. The summed E-state index contributed by atoms with van der Waals surface area (Å²) in [6, 6.07) is 20.1. The second-order valence-corrected chi connectivity index (χ2v) is 10.6. The number of halogens is 2. The Kier molecular flexibility index (Phi) is 7.37. The largest absolute Gasteiger partial charge is 0.508 e. The van der Waals surface area contributed by atoms with E-state index in [1.54, 1.807) is 17.8 Å². The summed E-state index contributed by atoms with van der Waals surface area (Å²) in [4.78, 5) is 3.35. The van der Waals surface area contributed by atoms with Crippen LogP contribution in [0.25, 0.3) is 11.1 Å². The van der Waals surface area contributed by atoms with E-state index in [2.05, 4.69) is 29.2 Å². The van der Waals surface area contributed by atoms with Gasteiger partial charge in [0.1, 0.15) is 17.6 Å². The standard InChI is InChI=1S/C29H29ClFNO2S/c1-19-15-21(5-10-27(19)30)26-18-35-28-16-22(33)6-9-25(28)29(26)20-3-7-23(8-4-20)34-24-11-14-32(17-24)13-2-12-31/h3-10,15-16,24,33H,2,11-14,17-18H2,1H3/t24-/m0/s1. The van der Waals surface area contributed by atoms with Crippen LogP contribution >= 0.6 is 23.4 Å². The highest BCUT2D eigenvalue weighted by molar-refractivity contribution is 7.99. The van der Waals surface area contributed by atoms with Gasteiger partial charge in [-0.05, 0) is 89.6 Å². The highest BCUT2D eigenvalue weighted by Gasteiger charge is 2.25. The van der Waals surface area contributed by atoms with E-state index in [9.17, 15) is 9.50 Å². The number of phenolic OH excluding ortho intramolecular Hbond substituents is 1. The summed E-state index contributed by atoms with van der Waals surface area (Å²) in [6.07, 6.45) is 1.69. The average molecular weight is 510 g/mol. The summed E-state index contributed by atoms with van der Waals surface area (Å²) in [5.74, 6) is 1.94. The van der Waals surface area contributed by atoms with E-state index in [-0.39, 0.29) is 18.5 Å². The number of hydrogen-bond donors (Lipinski definition) is 1. The van der Waals surface area contributed by atoms with Crippen molar-refractivity contribution in [2.45, 2.75) is 30.8 Å². The minimum absolute atomic E-state index is 0.141. The van der Waals surface area contributed by atoms with Crippen LogP contribution in [0, 0.1) is 6.92 Å². The van der Waals surface area contributed by atoms with Crippen molar-refractivity contribution in [3.05, 3.63) is 87.9 Å². The lowest BCUT2D eigenvalue weighted by Crippen LogP contribution is -2.26. The first kappa shape index (κ1) is 24.2. The van der Waals surface area contributed by atoms with Gasteiger partial charge in [0.15, 0.2) is 0 Å². The number of ether oxygens (including phenoxy) is 1. The maximum atomic E-state index is 12.5. The molecule has 0 amide bonds. The predicted molar refractivity (Wildman–Crippen MR) is 143 cm³/mol. The van der Waals surface area contributed by atoms with Gasteiger partial charge in [-0.15, -0.1) is 11.8 Å². The third-order valence-electron chi connectivity index (χ3n) is 6.70. The molecule has 182 valence electrons. The number of hydrogen-bond acceptors (Lipinski definition) is 4. The number of rotatable bonds is 7. The summed E-state index contributed by atoms with van der Waals surface area (Å²) in [7, 11) is 0. The monoisotopic (exact) mass is 509 g/mol.